The average molecular weight is 212 g/mol. The Morgan fingerprint density at radius 2 is 2.07 bits per heavy atom. The monoisotopic (exact) mass is 212 g/mol. The highest BCUT2D eigenvalue weighted by atomic mass is 15.2. The van der Waals surface area contributed by atoms with Gasteiger partial charge in [0.05, 0.1) is 0 Å². The highest BCUT2D eigenvalue weighted by molar-refractivity contribution is 4.83. The van der Waals surface area contributed by atoms with Crippen LogP contribution in [0.5, 0.6) is 0 Å². The minimum atomic E-state index is 0.745. The first-order valence-electron chi connectivity index (χ1n) is 6.61. The molecule has 0 aliphatic carbocycles. The van der Waals surface area contributed by atoms with Gasteiger partial charge in [-0.2, -0.15) is 0 Å². The Bertz CT molecular complexity index is 162. The van der Waals surface area contributed by atoms with Gasteiger partial charge in [0.15, 0.2) is 0 Å². The van der Waals surface area contributed by atoms with Crippen LogP contribution >= 0.6 is 0 Å². The number of nitrogens with zero attached hydrogens (tertiary/aromatic N) is 1. The second-order valence-corrected chi connectivity index (χ2v) is 5.36. The lowest BCUT2D eigenvalue weighted by Gasteiger charge is -2.34. The molecule has 1 aliphatic heterocycles. The van der Waals surface area contributed by atoms with Crippen LogP contribution in [0.25, 0.3) is 0 Å². The van der Waals surface area contributed by atoms with Gasteiger partial charge in [-0.15, -0.1) is 0 Å². The van der Waals surface area contributed by atoms with Gasteiger partial charge in [0, 0.05) is 18.6 Å². The zero-order valence-electron chi connectivity index (χ0n) is 10.9. The molecule has 0 bridgehead atoms. The predicted molar refractivity (Wildman–Crippen MR) is 67.2 cm³/mol. The zero-order chi connectivity index (χ0) is 11.3. The summed E-state index contributed by atoms with van der Waals surface area (Å²) in [4.78, 5) is 2.72. The van der Waals surface area contributed by atoms with Crippen molar-refractivity contribution in [3.8, 4) is 0 Å². The van der Waals surface area contributed by atoms with E-state index in [1.54, 1.807) is 0 Å². The van der Waals surface area contributed by atoms with E-state index in [1.165, 1.54) is 38.9 Å². The van der Waals surface area contributed by atoms with Crippen LogP contribution in [0, 0.1) is 5.92 Å². The molecule has 2 atom stereocenters. The molecule has 1 fully saturated rings. The minimum Gasteiger partial charge on any atom is -0.315 e. The van der Waals surface area contributed by atoms with Crippen LogP contribution in [0.15, 0.2) is 0 Å². The van der Waals surface area contributed by atoms with E-state index in [4.69, 9.17) is 0 Å². The van der Waals surface area contributed by atoms with E-state index in [-0.39, 0.29) is 0 Å². The summed E-state index contributed by atoms with van der Waals surface area (Å²) in [6, 6.07) is 1.54. The fourth-order valence-corrected chi connectivity index (χ4v) is 2.76. The summed E-state index contributed by atoms with van der Waals surface area (Å²) in [7, 11) is 0. The second-order valence-electron chi connectivity index (χ2n) is 5.36. The van der Waals surface area contributed by atoms with Crippen molar-refractivity contribution in [2.45, 2.75) is 59.0 Å². The summed E-state index contributed by atoms with van der Waals surface area (Å²) in [5, 5.41) is 3.48. The van der Waals surface area contributed by atoms with E-state index in [1.807, 2.05) is 0 Å². The van der Waals surface area contributed by atoms with Crippen molar-refractivity contribution < 1.29 is 0 Å². The fourth-order valence-electron chi connectivity index (χ4n) is 2.76. The first-order valence-corrected chi connectivity index (χ1v) is 6.61. The smallest absolute Gasteiger partial charge is 0.0235 e. The number of hydrogen-bond donors (Lipinski definition) is 1. The molecule has 0 aromatic heterocycles. The summed E-state index contributed by atoms with van der Waals surface area (Å²) in [5.74, 6) is 0.814. The summed E-state index contributed by atoms with van der Waals surface area (Å²) in [5.41, 5.74) is 0. The Morgan fingerprint density at radius 3 is 2.53 bits per heavy atom. The van der Waals surface area contributed by atoms with E-state index < -0.39 is 0 Å². The molecule has 1 rings (SSSR count). The molecule has 0 saturated carbocycles. The van der Waals surface area contributed by atoms with Crippen molar-refractivity contribution in [1.82, 2.24) is 10.2 Å². The lowest BCUT2D eigenvalue weighted by molar-refractivity contribution is 0.136. The summed E-state index contributed by atoms with van der Waals surface area (Å²) < 4.78 is 0. The molecule has 0 amide bonds. The van der Waals surface area contributed by atoms with Gasteiger partial charge in [-0.05, 0) is 45.2 Å². The minimum absolute atomic E-state index is 0.745. The Morgan fingerprint density at radius 1 is 1.33 bits per heavy atom. The molecule has 0 aromatic rings. The van der Waals surface area contributed by atoms with E-state index in [9.17, 15) is 0 Å². The van der Waals surface area contributed by atoms with Gasteiger partial charge in [0.2, 0.25) is 0 Å². The molecular formula is C13H28N2. The quantitative estimate of drug-likeness (QED) is 0.728. The molecule has 2 nitrogen and oxygen atoms in total. The van der Waals surface area contributed by atoms with Crippen LogP contribution in [0.1, 0.15) is 47.0 Å². The van der Waals surface area contributed by atoms with Crippen LogP contribution in [0.2, 0.25) is 0 Å². The maximum Gasteiger partial charge on any atom is 0.0235 e. The SMILES string of the molecule is CCCN(C(C)CC(C)C)C1CCNC1. The van der Waals surface area contributed by atoms with Gasteiger partial charge in [-0.25, -0.2) is 0 Å². The molecule has 1 aliphatic rings. The van der Waals surface area contributed by atoms with Gasteiger partial charge in [0.25, 0.3) is 0 Å². The van der Waals surface area contributed by atoms with E-state index in [0.717, 1.165) is 18.0 Å². The van der Waals surface area contributed by atoms with Crippen molar-refractivity contribution in [3.05, 3.63) is 0 Å². The molecule has 1 saturated heterocycles. The molecule has 2 unspecified atom stereocenters. The molecule has 0 radical (unpaired) electrons. The highest BCUT2D eigenvalue weighted by Crippen LogP contribution is 2.18. The summed E-state index contributed by atoms with van der Waals surface area (Å²) in [6.07, 6.45) is 3.94. The largest absolute Gasteiger partial charge is 0.315 e. The molecule has 0 aromatic carbocycles. The number of nitrogens with one attached hydrogen (secondary N) is 1. The van der Waals surface area contributed by atoms with Crippen LogP contribution in [-0.2, 0) is 0 Å². The van der Waals surface area contributed by atoms with Crippen molar-refractivity contribution in [2.24, 2.45) is 5.92 Å². The van der Waals surface area contributed by atoms with E-state index in [0.29, 0.717) is 0 Å². The standard InChI is InChI=1S/C13H28N2/c1-5-8-15(12(4)9-11(2)3)13-6-7-14-10-13/h11-14H,5-10H2,1-4H3. The number of hydrogen-bond acceptors (Lipinski definition) is 2. The van der Waals surface area contributed by atoms with Gasteiger partial charge < -0.3 is 5.32 Å². The molecule has 2 heteroatoms. The van der Waals surface area contributed by atoms with Crippen molar-refractivity contribution >= 4 is 0 Å². The Hall–Kier alpha value is -0.0800. The fraction of sp³-hybridized carbons (Fsp3) is 1.00. The lowest BCUT2D eigenvalue weighted by Crippen LogP contribution is -2.44. The van der Waals surface area contributed by atoms with Crippen LogP contribution in [0.4, 0.5) is 0 Å². The van der Waals surface area contributed by atoms with Gasteiger partial charge in [-0.1, -0.05) is 20.8 Å². The Labute approximate surface area is 95.4 Å². The van der Waals surface area contributed by atoms with Gasteiger partial charge in [0.1, 0.15) is 0 Å². The van der Waals surface area contributed by atoms with Crippen LogP contribution < -0.4 is 5.32 Å². The average Bonchev–Trinajstić information content (AvgIpc) is 2.65. The third-order valence-electron chi connectivity index (χ3n) is 3.36. The van der Waals surface area contributed by atoms with Crippen molar-refractivity contribution in [1.29, 1.82) is 0 Å². The molecule has 15 heavy (non-hydrogen) atoms. The lowest BCUT2D eigenvalue weighted by atomic mass is 10.0. The van der Waals surface area contributed by atoms with Gasteiger partial charge in [-0.3, -0.25) is 4.90 Å². The maximum absolute atomic E-state index is 3.48. The first kappa shape index (κ1) is 13.0. The predicted octanol–water partition coefficient (Wildman–Crippen LogP) is 2.49. The van der Waals surface area contributed by atoms with E-state index in [2.05, 4.69) is 37.9 Å². The maximum atomic E-state index is 3.48. The zero-order valence-corrected chi connectivity index (χ0v) is 10.9. The van der Waals surface area contributed by atoms with Crippen molar-refractivity contribution in [3.63, 3.8) is 0 Å². The van der Waals surface area contributed by atoms with Crippen LogP contribution in [0.3, 0.4) is 0 Å². The topological polar surface area (TPSA) is 15.3 Å². The summed E-state index contributed by atoms with van der Waals surface area (Å²) in [6.45, 7) is 13.0. The Balaban J connectivity index is 2.47. The van der Waals surface area contributed by atoms with E-state index >= 15 is 0 Å². The first-order chi connectivity index (χ1) is 7.15. The number of rotatable bonds is 6. The molecule has 1 heterocycles. The highest BCUT2D eigenvalue weighted by Gasteiger charge is 2.25. The van der Waals surface area contributed by atoms with Crippen molar-refractivity contribution in [2.75, 3.05) is 19.6 Å². The third-order valence-corrected chi connectivity index (χ3v) is 3.36. The molecular weight excluding hydrogens is 184 g/mol. The molecule has 1 N–H and O–H groups in total. The Kier molecular flexibility index (Phi) is 5.62. The summed E-state index contributed by atoms with van der Waals surface area (Å²) >= 11 is 0. The molecule has 0 spiro atoms. The van der Waals surface area contributed by atoms with Crippen LogP contribution in [-0.4, -0.2) is 36.6 Å². The molecule has 90 valence electrons. The second kappa shape index (κ2) is 6.49. The van der Waals surface area contributed by atoms with Gasteiger partial charge >= 0.3 is 0 Å². The third kappa shape index (κ3) is 4.12. The normalized spacial score (nSPS) is 24.0.